The van der Waals surface area contributed by atoms with E-state index in [0.717, 1.165) is 43.2 Å². The zero-order valence-corrected chi connectivity index (χ0v) is 13.3. The smallest absolute Gasteiger partial charge is 0.337 e. The Morgan fingerprint density at radius 1 is 1.00 bits per heavy atom. The van der Waals surface area contributed by atoms with Gasteiger partial charge in [-0.3, -0.25) is 0 Å². The maximum Gasteiger partial charge on any atom is 0.337 e. The van der Waals surface area contributed by atoms with Gasteiger partial charge >= 0.3 is 5.97 Å². The van der Waals surface area contributed by atoms with Gasteiger partial charge < -0.3 is 26.4 Å². The number of hydrogen-bond acceptors (Lipinski definition) is 5. The van der Waals surface area contributed by atoms with Crippen molar-refractivity contribution in [2.75, 3.05) is 47.4 Å². The van der Waals surface area contributed by atoms with Crippen molar-refractivity contribution in [3.63, 3.8) is 0 Å². The first-order valence-corrected chi connectivity index (χ1v) is 7.95. The molecule has 2 heterocycles. The molecule has 6 nitrogen and oxygen atoms in total. The van der Waals surface area contributed by atoms with Gasteiger partial charge in [0.2, 0.25) is 0 Å². The summed E-state index contributed by atoms with van der Waals surface area (Å²) in [7, 11) is 0. The highest BCUT2D eigenvalue weighted by Gasteiger charge is 2.52. The lowest BCUT2D eigenvalue weighted by Gasteiger charge is -2.61. The van der Waals surface area contributed by atoms with E-state index in [0.29, 0.717) is 5.69 Å². The van der Waals surface area contributed by atoms with E-state index < -0.39 is 5.97 Å². The lowest BCUT2D eigenvalue weighted by molar-refractivity contribution is 0.0698. The summed E-state index contributed by atoms with van der Waals surface area (Å²) < 4.78 is 0. The average Bonchev–Trinajstić information content (AvgIpc) is 2.45. The minimum absolute atomic E-state index is 0.170. The topological polar surface area (TPSA) is 95.8 Å². The van der Waals surface area contributed by atoms with Crippen LogP contribution in [0.25, 0.3) is 0 Å². The number of para-hydroxylation sites is 1. The molecule has 0 atom stereocenters. The molecule has 5 N–H and O–H groups in total. The molecule has 124 valence electrons. The normalized spacial score (nSPS) is 18.2. The number of rotatable bonds is 3. The predicted molar refractivity (Wildman–Crippen MR) is 95.5 cm³/mol. The van der Waals surface area contributed by atoms with Crippen molar-refractivity contribution >= 4 is 28.7 Å². The van der Waals surface area contributed by atoms with Crippen LogP contribution >= 0.6 is 0 Å². The van der Waals surface area contributed by atoms with Gasteiger partial charge in [0, 0.05) is 43.0 Å². The summed E-state index contributed by atoms with van der Waals surface area (Å²) in [5.41, 5.74) is 15.4. The molecular weight excluding hydrogens is 304 g/mol. The Bertz CT molecular complexity index is 806. The van der Waals surface area contributed by atoms with Crippen LogP contribution in [0.2, 0.25) is 0 Å². The van der Waals surface area contributed by atoms with Gasteiger partial charge in [-0.15, -0.1) is 0 Å². The van der Waals surface area contributed by atoms with E-state index in [1.54, 1.807) is 12.1 Å². The van der Waals surface area contributed by atoms with Gasteiger partial charge in [0.05, 0.1) is 16.9 Å². The van der Waals surface area contributed by atoms with Crippen LogP contribution in [-0.2, 0) is 0 Å². The Hall–Kier alpha value is -2.89. The van der Waals surface area contributed by atoms with E-state index in [9.17, 15) is 9.90 Å². The first kappa shape index (κ1) is 14.7. The van der Waals surface area contributed by atoms with Crippen molar-refractivity contribution in [1.29, 1.82) is 0 Å². The Morgan fingerprint density at radius 2 is 1.67 bits per heavy atom. The van der Waals surface area contributed by atoms with Crippen LogP contribution in [0.15, 0.2) is 42.5 Å². The maximum absolute atomic E-state index is 11.2. The highest BCUT2D eigenvalue weighted by Crippen LogP contribution is 2.45. The number of benzene rings is 2. The van der Waals surface area contributed by atoms with Gasteiger partial charge in [-0.05, 0) is 30.3 Å². The SMILES string of the molecule is Nc1cccc(N2CC3(C2)CN(c2cccc(C(=O)O)c2N)C3)c1. The van der Waals surface area contributed by atoms with E-state index in [1.165, 1.54) is 0 Å². The van der Waals surface area contributed by atoms with Crippen LogP contribution < -0.4 is 21.3 Å². The van der Waals surface area contributed by atoms with Crippen molar-refractivity contribution in [2.24, 2.45) is 5.41 Å². The summed E-state index contributed by atoms with van der Waals surface area (Å²) in [5.74, 6) is -0.985. The minimum Gasteiger partial charge on any atom is -0.478 e. The largest absolute Gasteiger partial charge is 0.478 e. The van der Waals surface area contributed by atoms with E-state index >= 15 is 0 Å². The van der Waals surface area contributed by atoms with Crippen molar-refractivity contribution in [3.8, 4) is 0 Å². The number of anilines is 4. The predicted octanol–water partition coefficient (Wildman–Crippen LogP) is 1.88. The number of carboxylic acid groups (broad SMARTS) is 1. The van der Waals surface area contributed by atoms with Crippen LogP contribution in [0.4, 0.5) is 22.7 Å². The molecule has 0 unspecified atom stereocenters. The lowest BCUT2D eigenvalue weighted by Crippen LogP contribution is -2.72. The lowest BCUT2D eigenvalue weighted by atomic mass is 9.72. The van der Waals surface area contributed by atoms with Crippen LogP contribution in [0.1, 0.15) is 10.4 Å². The molecule has 2 aliphatic heterocycles. The zero-order chi connectivity index (χ0) is 16.9. The molecule has 0 aliphatic carbocycles. The molecule has 0 aromatic heterocycles. The molecule has 0 bridgehead atoms. The second kappa shape index (κ2) is 5.06. The Labute approximate surface area is 140 Å². The van der Waals surface area contributed by atoms with Crippen LogP contribution in [0.5, 0.6) is 0 Å². The monoisotopic (exact) mass is 324 g/mol. The number of hydrogen-bond donors (Lipinski definition) is 3. The third-order valence-corrected chi connectivity index (χ3v) is 4.99. The minimum atomic E-state index is -0.985. The summed E-state index contributed by atoms with van der Waals surface area (Å²) in [6, 6.07) is 13.1. The molecule has 0 amide bonds. The molecule has 6 heteroatoms. The number of nitrogens with zero attached hydrogens (tertiary/aromatic N) is 2. The van der Waals surface area contributed by atoms with Gasteiger partial charge in [0.25, 0.3) is 0 Å². The molecule has 24 heavy (non-hydrogen) atoms. The van der Waals surface area contributed by atoms with E-state index in [1.807, 2.05) is 24.3 Å². The molecule has 0 radical (unpaired) electrons. The van der Waals surface area contributed by atoms with Gasteiger partial charge in [-0.1, -0.05) is 12.1 Å². The fourth-order valence-corrected chi connectivity index (χ4v) is 3.82. The molecule has 4 rings (SSSR count). The third-order valence-electron chi connectivity index (χ3n) is 4.99. The standard InChI is InChI=1S/C18H20N4O2/c19-12-3-1-4-13(7-12)21-8-18(9-21)10-22(11-18)15-6-2-5-14(16(15)20)17(23)24/h1-7H,8-11,19-20H2,(H,23,24). The molecular formula is C18H20N4O2. The molecule has 2 aromatic carbocycles. The van der Waals surface area contributed by atoms with Crippen LogP contribution in [0.3, 0.4) is 0 Å². The van der Waals surface area contributed by atoms with E-state index in [-0.39, 0.29) is 11.0 Å². The molecule has 0 saturated carbocycles. The summed E-state index contributed by atoms with van der Waals surface area (Å²) in [6.07, 6.45) is 0. The van der Waals surface area contributed by atoms with Crippen molar-refractivity contribution in [2.45, 2.75) is 0 Å². The Morgan fingerprint density at radius 3 is 2.33 bits per heavy atom. The fraction of sp³-hybridized carbons (Fsp3) is 0.278. The van der Waals surface area contributed by atoms with Crippen molar-refractivity contribution < 1.29 is 9.90 Å². The average molecular weight is 324 g/mol. The summed E-state index contributed by atoms with van der Waals surface area (Å²) in [4.78, 5) is 15.7. The third kappa shape index (κ3) is 2.22. The second-order valence-electron chi connectivity index (χ2n) is 6.85. The highest BCUT2D eigenvalue weighted by molar-refractivity contribution is 5.97. The summed E-state index contributed by atoms with van der Waals surface area (Å²) >= 11 is 0. The molecule has 2 aliphatic rings. The number of carboxylic acids is 1. The van der Waals surface area contributed by atoms with Gasteiger partial charge in [0.15, 0.2) is 0 Å². The maximum atomic E-state index is 11.2. The van der Waals surface area contributed by atoms with Gasteiger partial charge in [0.1, 0.15) is 0 Å². The molecule has 2 aromatic rings. The van der Waals surface area contributed by atoms with E-state index in [4.69, 9.17) is 11.5 Å². The zero-order valence-electron chi connectivity index (χ0n) is 13.3. The fourth-order valence-electron chi connectivity index (χ4n) is 3.82. The van der Waals surface area contributed by atoms with Crippen LogP contribution in [0, 0.1) is 5.41 Å². The van der Waals surface area contributed by atoms with Gasteiger partial charge in [-0.2, -0.15) is 0 Å². The number of aromatic carboxylic acids is 1. The first-order valence-electron chi connectivity index (χ1n) is 7.95. The first-order chi connectivity index (χ1) is 11.5. The molecule has 2 fully saturated rings. The van der Waals surface area contributed by atoms with Gasteiger partial charge in [-0.25, -0.2) is 4.79 Å². The second-order valence-corrected chi connectivity index (χ2v) is 6.85. The number of nitrogens with two attached hydrogens (primary N) is 2. The van der Waals surface area contributed by atoms with Crippen molar-refractivity contribution in [1.82, 2.24) is 0 Å². The molecule has 2 saturated heterocycles. The number of carbonyl (C=O) groups is 1. The summed E-state index contributed by atoms with van der Waals surface area (Å²) in [6.45, 7) is 3.79. The van der Waals surface area contributed by atoms with E-state index in [2.05, 4.69) is 15.9 Å². The number of nitrogen functional groups attached to an aromatic ring is 2. The highest BCUT2D eigenvalue weighted by atomic mass is 16.4. The van der Waals surface area contributed by atoms with Crippen LogP contribution in [-0.4, -0.2) is 37.3 Å². The molecule has 1 spiro atoms. The quantitative estimate of drug-likeness (QED) is 0.746. The Kier molecular flexibility index (Phi) is 3.09. The summed E-state index contributed by atoms with van der Waals surface area (Å²) in [5, 5.41) is 9.19. The Balaban J connectivity index is 1.43. The van der Waals surface area contributed by atoms with Crippen molar-refractivity contribution in [3.05, 3.63) is 48.0 Å².